The number of hydrogen-bond donors (Lipinski definition) is 1. The average molecular weight is 472 g/mol. The smallest absolute Gasteiger partial charge is 0.325 e. The van der Waals surface area contributed by atoms with E-state index in [0.717, 1.165) is 23.4 Å². The molecule has 1 N–H and O–H groups in total. The Hall–Kier alpha value is -2.40. The largest absolute Gasteiger partial charge is 0.418 e. The number of nitrogens with one attached hydrogen (secondary N) is 1. The van der Waals surface area contributed by atoms with Gasteiger partial charge in [0, 0.05) is 29.5 Å². The Morgan fingerprint density at radius 3 is 2.61 bits per heavy atom. The molecule has 1 aromatic carbocycles. The predicted octanol–water partition coefficient (Wildman–Crippen LogP) is 4.39. The van der Waals surface area contributed by atoms with E-state index in [4.69, 9.17) is 0 Å². The summed E-state index contributed by atoms with van der Waals surface area (Å²) in [4.78, 5) is 16.1. The molecule has 0 saturated heterocycles. The van der Waals surface area contributed by atoms with Crippen LogP contribution < -0.4 is 5.32 Å². The molecule has 3 rings (SSSR count). The second kappa shape index (κ2) is 8.31. The maximum absolute atomic E-state index is 13.1. The quantitative estimate of drug-likeness (QED) is 0.558. The van der Waals surface area contributed by atoms with Gasteiger partial charge in [-0.25, -0.2) is 0 Å². The van der Waals surface area contributed by atoms with Crippen LogP contribution in [0.15, 0.2) is 52.4 Å². The third-order valence-electron chi connectivity index (χ3n) is 3.67. The number of halogens is 4. The normalized spacial score (nSPS) is 11.5. The van der Waals surface area contributed by atoms with Gasteiger partial charge in [-0.3, -0.25) is 9.78 Å². The van der Waals surface area contributed by atoms with Gasteiger partial charge in [-0.2, -0.15) is 13.2 Å². The van der Waals surface area contributed by atoms with Crippen molar-refractivity contribution in [3.63, 3.8) is 0 Å². The van der Waals surface area contributed by atoms with Gasteiger partial charge in [0.15, 0.2) is 11.0 Å². The fraction of sp³-hybridized carbons (Fsp3) is 0.176. The molecule has 2 heterocycles. The van der Waals surface area contributed by atoms with Crippen LogP contribution in [-0.2, 0) is 18.0 Å². The number of alkyl halides is 3. The molecule has 6 nitrogen and oxygen atoms in total. The Morgan fingerprint density at radius 1 is 1.21 bits per heavy atom. The van der Waals surface area contributed by atoms with Gasteiger partial charge in [-0.15, -0.1) is 10.2 Å². The lowest BCUT2D eigenvalue weighted by atomic mass is 10.1. The van der Waals surface area contributed by atoms with Crippen LogP contribution in [0.1, 0.15) is 5.56 Å². The van der Waals surface area contributed by atoms with Crippen molar-refractivity contribution in [2.24, 2.45) is 7.05 Å². The molecule has 0 saturated carbocycles. The van der Waals surface area contributed by atoms with Crippen molar-refractivity contribution in [2.45, 2.75) is 11.3 Å². The molecule has 146 valence electrons. The van der Waals surface area contributed by atoms with E-state index in [1.54, 1.807) is 36.1 Å². The number of pyridine rings is 1. The Balaban J connectivity index is 1.69. The van der Waals surface area contributed by atoms with E-state index in [1.807, 2.05) is 0 Å². The van der Waals surface area contributed by atoms with Crippen LogP contribution in [0.25, 0.3) is 11.4 Å². The van der Waals surface area contributed by atoms with E-state index < -0.39 is 17.6 Å². The van der Waals surface area contributed by atoms with Gasteiger partial charge in [-0.05, 0) is 30.3 Å². The number of nitrogens with zero attached hydrogens (tertiary/aromatic N) is 4. The molecule has 0 radical (unpaired) electrons. The van der Waals surface area contributed by atoms with Crippen LogP contribution in [0.5, 0.6) is 0 Å². The van der Waals surface area contributed by atoms with Crippen molar-refractivity contribution in [3.8, 4) is 11.4 Å². The molecule has 0 aliphatic rings. The highest BCUT2D eigenvalue weighted by atomic mass is 79.9. The topological polar surface area (TPSA) is 72.7 Å². The van der Waals surface area contributed by atoms with Gasteiger partial charge >= 0.3 is 6.18 Å². The highest BCUT2D eigenvalue weighted by Gasteiger charge is 2.34. The Kier molecular flexibility index (Phi) is 6.04. The maximum Gasteiger partial charge on any atom is 0.418 e. The molecule has 2 aromatic heterocycles. The number of carbonyl (C=O) groups is 1. The zero-order chi connectivity index (χ0) is 20.3. The van der Waals surface area contributed by atoms with Crippen molar-refractivity contribution in [3.05, 3.63) is 52.8 Å². The minimum atomic E-state index is -4.58. The highest BCUT2D eigenvalue weighted by molar-refractivity contribution is 9.10. The van der Waals surface area contributed by atoms with E-state index in [0.29, 0.717) is 11.0 Å². The minimum absolute atomic E-state index is 0.115. The molecule has 0 aliphatic heterocycles. The van der Waals surface area contributed by atoms with Gasteiger partial charge in [-0.1, -0.05) is 27.7 Å². The first-order chi connectivity index (χ1) is 13.3. The number of benzene rings is 1. The molecule has 0 atom stereocenters. The fourth-order valence-corrected chi connectivity index (χ4v) is 3.44. The third kappa shape index (κ3) is 4.71. The first-order valence-electron chi connectivity index (χ1n) is 7.85. The van der Waals surface area contributed by atoms with Gasteiger partial charge in [0.2, 0.25) is 5.91 Å². The van der Waals surface area contributed by atoms with Crippen LogP contribution in [0.4, 0.5) is 18.9 Å². The number of anilines is 1. The molecule has 0 fully saturated rings. The maximum atomic E-state index is 13.1. The third-order valence-corrected chi connectivity index (χ3v) is 5.18. The molecular weight excluding hydrogens is 459 g/mol. The molecule has 0 aliphatic carbocycles. The molecule has 0 spiro atoms. The summed E-state index contributed by atoms with van der Waals surface area (Å²) < 4.78 is 41.4. The van der Waals surface area contributed by atoms with E-state index in [9.17, 15) is 18.0 Å². The first-order valence-corrected chi connectivity index (χ1v) is 9.63. The van der Waals surface area contributed by atoms with Crippen molar-refractivity contribution in [2.75, 3.05) is 11.1 Å². The van der Waals surface area contributed by atoms with Crippen LogP contribution in [0.2, 0.25) is 0 Å². The number of aromatic nitrogens is 4. The average Bonchev–Trinajstić information content (AvgIpc) is 3.02. The zero-order valence-electron chi connectivity index (χ0n) is 14.4. The van der Waals surface area contributed by atoms with Crippen molar-refractivity contribution in [1.29, 1.82) is 0 Å². The van der Waals surface area contributed by atoms with Crippen LogP contribution in [0.3, 0.4) is 0 Å². The monoisotopic (exact) mass is 471 g/mol. The summed E-state index contributed by atoms with van der Waals surface area (Å²) >= 11 is 4.08. The molecule has 1 amide bonds. The second-order valence-corrected chi connectivity index (χ2v) is 7.48. The highest BCUT2D eigenvalue weighted by Crippen LogP contribution is 2.36. The Labute approximate surface area is 170 Å². The molecule has 11 heteroatoms. The number of carbonyl (C=O) groups excluding carboxylic acids is 1. The lowest BCUT2D eigenvalue weighted by Gasteiger charge is -2.14. The van der Waals surface area contributed by atoms with E-state index in [-0.39, 0.29) is 15.9 Å². The standard InChI is InChI=1S/C17H13BrF3N5OS/c1-26-15(10-4-6-22-7-5-10)24-25-16(26)28-9-14(27)23-13-3-2-11(18)8-12(13)17(19,20)21/h2-8H,9H2,1H3,(H,23,27). The molecular formula is C17H13BrF3N5OS. The van der Waals surface area contributed by atoms with Crippen molar-refractivity contribution < 1.29 is 18.0 Å². The molecule has 3 aromatic rings. The lowest BCUT2D eigenvalue weighted by molar-refractivity contribution is -0.137. The predicted molar refractivity (Wildman–Crippen MR) is 103 cm³/mol. The van der Waals surface area contributed by atoms with E-state index in [1.165, 1.54) is 12.1 Å². The lowest BCUT2D eigenvalue weighted by Crippen LogP contribution is -2.18. The SMILES string of the molecule is Cn1c(SCC(=O)Nc2ccc(Br)cc2C(F)(F)F)nnc1-c1ccncc1. The summed E-state index contributed by atoms with van der Waals surface area (Å²) in [6.07, 6.45) is -1.33. The van der Waals surface area contributed by atoms with Crippen LogP contribution in [0, 0.1) is 0 Å². The number of hydrogen-bond acceptors (Lipinski definition) is 5. The zero-order valence-corrected chi connectivity index (χ0v) is 16.8. The van der Waals surface area contributed by atoms with Crippen molar-refractivity contribution in [1.82, 2.24) is 19.7 Å². The summed E-state index contributed by atoms with van der Waals surface area (Å²) in [6.45, 7) is 0. The van der Waals surface area contributed by atoms with Crippen molar-refractivity contribution >= 4 is 39.3 Å². The van der Waals surface area contributed by atoms with Crippen LogP contribution in [-0.4, -0.2) is 31.4 Å². The fourth-order valence-electron chi connectivity index (χ4n) is 2.37. The summed E-state index contributed by atoms with van der Waals surface area (Å²) in [5.74, 6) is -0.0979. The van der Waals surface area contributed by atoms with Gasteiger partial charge < -0.3 is 9.88 Å². The van der Waals surface area contributed by atoms with E-state index >= 15 is 0 Å². The van der Waals surface area contributed by atoms with Gasteiger partial charge in [0.05, 0.1) is 17.0 Å². The van der Waals surface area contributed by atoms with E-state index in [2.05, 4.69) is 36.4 Å². The Morgan fingerprint density at radius 2 is 1.93 bits per heavy atom. The van der Waals surface area contributed by atoms with Gasteiger partial charge in [0.25, 0.3) is 0 Å². The number of amides is 1. The van der Waals surface area contributed by atoms with Crippen LogP contribution >= 0.6 is 27.7 Å². The molecule has 28 heavy (non-hydrogen) atoms. The second-order valence-electron chi connectivity index (χ2n) is 5.63. The van der Waals surface area contributed by atoms with Gasteiger partial charge in [0.1, 0.15) is 0 Å². The first kappa shape index (κ1) is 20.3. The number of rotatable bonds is 5. The Bertz CT molecular complexity index is 994. The summed E-state index contributed by atoms with van der Waals surface area (Å²) in [6, 6.07) is 7.11. The minimum Gasteiger partial charge on any atom is -0.325 e. The molecule has 0 bridgehead atoms. The summed E-state index contributed by atoms with van der Waals surface area (Å²) in [5, 5.41) is 10.9. The summed E-state index contributed by atoms with van der Waals surface area (Å²) in [5.41, 5.74) is -0.401. The molecule has 0 unspecified atom stereocenters. The summed E-state index contributed by atoms with van der Waals surface area (Å²) in [7, 11) is 1.74. The number of thioether (sulfide) groups is 1.